The predicted octanol–water partition coefficient (Wildman–Crippen LogP) is 6.13. The maximum atomic E-state index is 11.8. The Morgan fingerprint density at radius 1 is 1.16 bits per heavy atom. The van der Waals surface area contributed by atoms with Crippen molar-refractivity contribution in [2.75, 3.05) is 23.7 Å². The lowest BCUT2D eigenvalue weighted by atomic mass is 10.0. The van der Waals surface area contributed by atoms with Gasteiger partial charge in [0, 0.05) is 42.6 Å². The van der Waals surface area contributed by atoms with E-state index >= 15 is 0 Å². The molecule has 1 unspecified atom stereocenters. The molecule has 1 N–H and O–H groups in total. The van der Waals surface area contributed by atoms with Gasteiger partial charge in [-0.15, -0.1) is 0 Å². The summed E-state index contributed by atoms with van der Waals surface area (Å²) in [5, 5.41) is -0.533. The van der Waals surface area contributed by atoms with E-state index in [2.05, 4.69) is 11.1 Å². The topological polar surface area (TPSA) is 146 Å². The number of rotatable bonds is 13. The van der Waals surface area contributed by atoms with Crippen LogP contribution in [0.3, 0.4) is 0 Å². The van der Waals surface area contributed by atoms with Gasteiger partial charge in [-0.2, -0.15) is 8.42 Å². The molecule has 10 nitrogen and oxygen atoms in total. The van der Waals surface area contributed by atoms with Crippen molar-refractivity contribution < 1.29 is 35.4 Å². The summed E-state index contributed by atoms with van der Waals surface area (Å²) in [7, 11) is -8.62. The zero-order chi connectivity index (χ0) is 32.6. The molecular weight excluding hydrogens is 640 g/mol. The van der Waals surface area contributed by atoms with Crippen LogP contribution in [0.25, 0.3) is 11.1 Å². The highest BCUT2D eigenvalue weighted by molar-refractivity contribution is 7.86. The number of ether oxygens (including phenoxy) is 2. The number of fused-ring (bicyclic) bond motifs is 1. The molecule has 0 fully saturated rings. The van der Waals surface area contributed by atoms with E-state index in [1.165, 1.54) is 13.0 Å². The van der Waals surface area contributed by atoms with Gasteiger partial charge >= 0.3 is 0 Å². The van der Waals surface area contributed by atoms with E-state index in [1.54, 1.807) is 24.3 Å². The Balaban J connectivity index is 1.68. The van der Waals surface area contributed by atoms with Crippen LogP contribution in [0.4, 0.5) is 5.69 Å². The summed E-state index contributed by atoms with van der Waals surface area (Å²) >= 11 is 5.97. The van der Waals surface area contributed by atoms with Gasteiger partial charge < -0.3 is 18.9 Å². The molecule has 0 radical (unpaired) electrons. The van der Waals surface area contributed by atoms with Gasteiger partial charge in [-0.3, -0.25) is 9.55 Å². The Morgan fingerprint density at radius 3 is 2.56 bits per heavy atom. The minimum absolute atomic E-state index is 0.0152. The summed E-state index contributed by atoms with van der Waals surface area (Å²) in [6, 6.07) is 15.5. The van der Waals surface area contributed by atoms with Crippen LogP contribution in [0, 0.1) is 6.08 Å². The molecule has 2 aromatic carbocycles. The van der Waals surface area contributed by atoms with E-state index < -0.39 is 31.2 Å². The van der Waals surface area contributed by atoms with Crippen molar-refractivity contribution in [3.8, 4) is 16.9 Å². The van der Waals surface area contributed by atoms with E-state index in [-0.39, 0.29) is 31.8 Å². The van der Waals surface area contributed by atoms with Gasteiger partial charge in [-0.25, -0.2) is 8.42 Å². The highest BCUT2D eigenvalue weighted by Gasteiger charge is 2.29. The first-order valence-corrected chi connectivity index (χ1v) is 17.6. The SMILES string of the molecule is CCC(/C=C1\Oc2ccc(-c3ccccc3)cc2N1CCC(C)S(=O)(=O)O)=C\C(=NCCCS(=O)(=O)[O-])OC1=[C+]C=C(Cl)C=C1. The standard InChI is InChI=1S/C32H33ClN2O8S2/c1-3-24(20-31(34-17-7-19-44(36,37)38)42-28-13-11-27(33)12-14-28)21-32-35(18-16-23(2)45(39,40)41)29-22-26(10-15-30(29)43-32)25-8-5-4-6-9-25/h4-6,8-13,15,20-23H,3,7,16-19H2,1-2H3,(H-,36,37,38,39,40,41)/b24-20+,32-21-,34-31?. The van der Waals surface area contributed by atoms with Crippen molar-refractivity contribution >= 4 is 43.4 Å². The van der Waals surface area contributed by atoms with Crippen molar-refractivity contribution in [3.05, 3.63) is 107 Å². The monoisotopic (exact) mass is 672 g/mol. The number of halogens is 1. The maximum Gasteiger partial charge on any atom is 0.296 e. The molecule has 0 aromatic heterocycles. The number of nitrogens with zero attached hydrogens (tertiary/aromatic N) is 2. The van der Waals surface area contributed by atoms with Gasteiger partial charge in [0.2, 0.25) is 11.8 Å². The first-order chi connectivity index (χ1) is 21.3. The Bertz CT molecular complexity index is 1790. The lowest BCUT2D eigenvalue weighted by molar-refractivity contribution is 0.430. The van der Waals surface area contributed by atoms with E-state index in [4.69, 9.17) is 21.1 Å². The van der Waals surface area contributed by atoms with Crippen LogP contribution >= 0.6 is 11.6 Å². The third-order valence-corrected chi connectivity index (χ3v) is 9.19. The first kappa shape index (κ1) is 34.1. The Kier molecular flexibility index (Phi) is 11.4. The molecule has 4 rings (SSSR count). The van der Waals surface area contributed by atoms with Gasteiger partial charge in [-0.1, -0.05) is 43.3 Å². The molecule has 0 saturated carbocycles. The average Bonchev–Trinajstić information content (AvgIpc) is 3.34. The fourth-order valence-electron chi connectivity index (χ4n) is 4.38. The smallest absolute Gasteiger partial charge is 0.296 e. The lowest BCUT2D eigenvalue weighted by Gasteiger charge is -2.20. The van der Waals surface area contributed by atoms with Crippen LogP contribution in [0.15, 0.2) is 106 Å². The molecule has 2 aromatic rings. The number of anilines is 1. The third kappa shape index (κ3) is 10.1. The van der Waals surface area contributed by atoms with Crippen LogP contribution < -0.4 is 9.64 Å². The predicted molar refractivity (Wildman–Crippen MR) is 174 cm³/mol. The van der Waals surface area contributed by atoms with E-state index in [9.17, 15) is 25.9 Å². The summed E-state index contributed by atoms with van der Waals surface area (Å²) in [5.74, 6) is 0.933. The molecule has 238 valence electrons. The van der Waals surface area contributed by atoms with Gasteiger partial charge in [0.1, 0.15) is 6.08 Å². The summed E-state index contributed by atoms with van der Waals surface area (Å²) in [6.45, 7) is 3.62. The van der Waals surface area contributed by atoms with Crippen molar-refractivity contribution in [1.82, 2.24) is 0 Å². The summed E-state index contributed by atoms with van der Waals surface area (Å²) in [5.41, 5.74) is 3.40. The van der Waals surface area contributed by atoms with Gasteiger partial charge in [-0.05, 0) is 55.0 Å². The fraction of sp³-hybridized carbons (Fsp3) is 0.281. The molecule has 0 amide bonds. The highest BCUT2D eigenvalue weighted by atomic mass is 35.5. The van der Waals surface area contributed by atoms with Crippen molar-refractivity contribution in [2.45, 2.75) is 38.4 Å². The van der Waals surface area contributed by atoms with Gasteiger partial charge in [0.15, 0.2) is 10.8 Å². The quantitative estimate of drug-likeness (QED) is 0.0873. The van der Waals surface area contributed by atoms with E-state index in [1.807, 2.05) is 60.4 Å². The molecule has 13 heteroatoms. The Labute approximate surface area is 269 Å². The van der Waals surface area contributed by atoms with Crippen LogP contribution in [-0.4, -0.2) is 55.9 Å². The maximum absolute atomic E-state index is 11.8. The summed E-state index contributed by atoms with van der Waals surface area (Å²) < 4.78 is 78.4. The zero-order valence-electron chi connectivity index (χ0n) is 24.7. The summed E-state index contributed by atoms with van der Waals surface area (Å²) in [6.07, 6.45) is 11.8. The second kappa shape index (κ2) is 15.0. The average molecular weight is 673 g/mol. The number of benzene rings is 2. The first-order valence-electron chi connectivity index (χ1n) is 14.2. The Hall–Kier alpha value is -3.77. The van der Waals surface area contributed by atoms with E-state index in [0.717, 1.165) is 22.4 Å². The van der Waals surface area contributed by atoms with Gasteiger partial charge in [0.05, 0.1) is 39.3 Å². The van der Waals surface area contributed by atoms with Crippen LogP contribution in [0.1, 0.15) is 33.1 Å². The number of hydrogen-bond donors (Lipinski definition) is 1. The van der Waals surface area contributed by atoms with Crippen LogP contribution in [0.2, 0.25) is 0 Å². The molecule has 45 heavy (non-hydrogen) atoms. The fourth-order valence-corrected chi connectivity index (χ4v) is 5.38. The molecule has 0 saturated heterocycles. The molecular formula is C32H33ClN2O8S2. The minimum atomic E-state index is -4.38. The number of hydrogen-bond acceptors (Lipinski definition) is 9. The normalized spacial score (nSPS) is 16.9. The van der Waals surface area contributed by atoms with Crippen LogP contribution in [-0.2, 0) is 25.0 Å². The Morgan fingerprint density at radius 2 is 1.91 bits per heavy atom. The lowest BCUT2D eigenvalue weighted by Crippen LogP contribution is -2.27. The van der Waals surface area contributed by atoms with Gasteiger partial charge in [0.25, 0.3) is 15.9 Å². The second-order valence-corrected chi connectivity index (χ2v) is 14.1. The van der Waals surface area contributed by atoms with Crippen molar-refractivity contribution in [1.29, 1.82) is 0 Å². The molecule has 1 aliphatic carbocycles. The highest BCUT2D eigenvalue weighted by Crippen LogP contribution is 2.42. The largest absolute Gasteiger partial charge is 0.748 e. The zero-order valence-corrected chi connectivity index (χ0v) is 27.1. The summed E-state index contributed by atoms with van der Waals surface area (Å²) in [4.78, 5) is 6.24. The molecule has 0 bridgehead atoms. The van der Waals surface area contributed by atoms with Crippen LogP contribution in [0.5, 0.6) is 5.75 Å². The van der Waals surface area contributed by atoms with Crippen molar-refractivity contribution in [3.63, 3.8) is 0 Å². The number of allylic oxidation sites excluding steroid dienone is 7. The molecule has 1 atom stereocenters. The third-order valence-electron chi connectivity index (χ3n) is 6.91. The molecule has 2 aliphatic rings. The van der Waals surface area contributed by atoms with E-state index in [0.29, 0.717) is 28.8 Å². The molecule has 1 heterocycles. The minimum Gasteiger partial charge on any atom is -0.748 e. The molecule has 1 aliphatic heterocycles. The second-order valence-electron chi connectivity index (χ2n) is 10.3. The number of aliphatic imine (C=N–C) groups is 1. The molecule has 0 spiro atoms. The van der Waals surface area contributed by atoms with Crippen molar-refractivity contribution in [2.24, 2.45) is 4.99 Å².